The second-order valence-electron chi connectivity index (χ2n) is 14.5. The fourth-order valence-electron chi connectivity index (χ4n) is 7.04. The number of methoxy groups -OCH3 is 1. The van der Waals surface area contributed by atoms with E-state index in [-0.39, 0.29) is 42.9 Å². The molecule has 12 heteroatoms. The Hall–Kier alpha value is -2.48. The molecule has 1 aromatic heterocycles. The zero-order valence-electron chi connectivity index (χ0n) is 30.1. The number of amides is 1. The Labute approximate surface area is 281 Å². The van der Waals surface area contributed by atoms with Crippen molar-refractivity contribution in [3.05, 3.63) is 30.1 Å². The number of nitrogens with zero attached hydrogens (tertiary/aromatic N) is 4. The van der Waals surface area contributed by atoms with Crippen LogP contribution >= 0.6 is 0 Å². The van der Waals surface area contributed by atoms with Crippen LogP contribution in [0.4, 0.5) is 0 Å². The summed E-state index contributed by atoms with van der Waals surface area (Å²) in [5.74, 6) is -1.95. The largest absolute Gasteiger partial charge is 0.463 e. The topological polar surface area (TPSA) is 131 Å². The van der Waals surface area contributed by atoms with Crippen LogP contribution in [-0.4, -0.2) is 140 Å². The molecule has 0 aromatic carbocycles. The van der Waals surface area contributed by atoms with Gasteiger partial charge >= 0.3 is 5.97 Å². The van der Waals surface area contributed by atoms with Crippen LogP contribution in [0.2, 0.25) is 0 Å². The van der Waals surface area contributed by atoms with E-state index in [0.29, 0.717) is 31.4 Å². The van der Waals surface area contributed by atoms with Gasteiger partial charge < -0.3 is 38.8 Å². The van der Waals surface area contributed by atoms with Crippen LogP contribution < -0.4 is 0 Å². The van der Waals surface area contributed by atoms with E-state index in [4.69, 9.17) is 18.9 Å². The van der Waals surface area contributed by atoms with E-state index in [9.17, 15) is 19.5 Å². The Morgan fingerprint density at radius 1 is 1.09 bits per heavy atom. The van der Waals surface area contributed by atoms with E-state index < -0.39 is 41.4 Å². The molecule has 8 atom stereocenters. The highest BCUT2D eigenvalue weighted by Gasteiger charge is 2.51. The van der Waals surface area contributed by atoms with Crippen molar-refractivity contribution in [1.82, 2.24) is 19.7 Å². The summed E-state index contributed by atoms with van der Waals surface area (Å²) in [5.41, 5.74) is -2.00. The third-order valence-corrected chi connectivity index (χ3v) is 9.77. The maximum absolute atomic E-state index is 14.3. The zero-order chi connectivity index (χ0) is 35.1. The van der Waals surface area contributed by atoms with Crippen LogP contribution in [0.5, 0.6) is 0 Å². The maximum Gasteiger partial charge on any atom is 0.319 e. The van der Waals surface area contributed by atoms with E-state index in [1.165, 1.54) is 0 Å². The summed E-state index contributed by atoms with van der Waals surface area (Å²) in [6, 6.07) is 3.12. The fourth-order valence-corrected chi connectivity index (χ4v) is 7.04. The van der Waals surface area contributed by atoms with E-state index in [1.54, 1.807) is 57.3 Å². The average molecular weight is 663 g/mol. The van der Waals surface area contributed by atoms with Crippen molar-refractivity contribution >= 4 is 17.7 Å². The van der Waals surface area contributed by atoms with Crippen LogP contribution in [0.3, 0.4) is 0 Å². The molecule has 0 spiro atoms. The fraction of sp³-hybridized carbons (Fsp3) is 0.771. The van der Waals surface area contributed by atoms with Crippen molar-refractivity contribution in [2.75, 3.05) is 61.0 Å². The van der Waals surface area contributed by atoms with Crippen molar-refractivity contribution in [2.45, 2.75) is 97.0 Å². The normalized spacial score (nSPS) is 34.1. The molecule has 1 amide bonds. The standard InChI is InChI=1S/C35H58N4O8/c1-23-21-35(6,44-10)30(47-32-28(40)27(37(7)8)20-24(2)46-32)25(3)29(41)34(4,5)33(43)45-19-18-39(17-11-16-38(9)22-23)31(42)26-12-14-36-15-13-26/h12-15,23-25,27-28,30,32,40H,11,16-22H2,1-10H3/t23-,24-,25+,27+,28-,30-,32+,35-/m1/s1. The lowest BCUT2D eigenvalue weighted by atomic mass is 9.74. The van der Waals surface area contributed by atoms with Crippen molar-refractivity contribution < 1.29 is 38.4 Å². The van der Waals surface area contributed by atoms with Gasteiger partial charge in [0.1, 0.15) is 18.1 Å². The summed E-state index contributed by atoms with van der Waals surface area (Å²) in [7, 11) is 7.46. The minimum atomic E-state index is -1.53. The number of carbonyl (C=O) groups excluding carboxylic acids is 3. The van der Waals surface area contributed by atoms with Crippen LogP contribution in [0.25, 0.3) is 0 Å². The van der Waals surface area contributed by atoms with Crippen molar-refractivity contribution in [3.8, 4) is 0 Å². The molecule has 2 fully saturated rings. The number of ketones is 1. The number of cyclic esters (lactones) is 1. The summed E-state index contributed by atoms with van der Waals surface area (Å²) < 4.78 is 24.6. The lowest BCUT2D eigenvalue weighted by Crippen LogP contribution is -2.59. The lowest BCUT2D eigenvalue weighted by Gasteiger charge is -2.47. The maximum atomic E-state index is 14.3. The van der Waals surface area contributed by atoms with Gasteiger partial charge in [-0.25, -0.2) is 0 Å². The van der Waals surface area contributed by atoms with Crippen molar-refractivity contribution in [3.63, 3.8) is 0 Å². The Morgan fingerprint density at radius 3 is 2.36 bits per heavy atom. The second-order valence-corrected chi connectivity index (χ2v) is 14.5. The molecule has 3 heterocycles. The smallest absolute Gasteiger partial charge is 0.319 e. The molecule has 0 unspecified atom stereocenters. The minimum absolute atomic E-state index is 0.0603. The molecule has 0 aliphatic carbocycles. The van der Waals surface area contributed by atoms with Gasteiger partial charge in [0, 0.05) is 50.1 Å². The van der Waals surface area contributed by atoms with Gasteiger partial charge in [0.2, 0.25) is 0 Å². The molecule has 2 aliphatic rings. The number of pyridine rings is 1. The Kier molecular flexibility index (Phi) is 13.9. The summed E-state index contributed by atoms with van der Waals surface area (Å²) in [6.45, 7) is 12.9. The van der Waals surface area contributed by atoms with Gasteiger partial charge in [-0.3, -0.25) is 19.4 Å². The number of Topliss-reactive ketones (excluding diaryl/α,β-unsaturated/α-hetero) is 1. The third-order valence-electron chi connectivity index (χ3n) is 9.77. The Morgan fingerprint density at radius 2 is 1.74 bits per heavy atom. The number of hydrogen-bond acceptors (Lipinski definition) is 11. The predicted octanol–water partition coefficient (Wildman–Crippen LogP) is 2.88. The highest BCUT2D eigenvalue weighted by Crippen LogP contribution is 2.38. The number of likely N-dealkylation sites (N-methyl/N-ethyl adjacent to an activating group) is 1. The molecule has 1 N–H and O–H groups in total. The zero-order valence-corrected chi connectivity index (χ0v) is 30.1. The first-order valence-corrected chi connectivity index (χ1v) is 16.8. The van der Waals surface area contributed by atoms with Gasteiger partial charge in [0.25, 0.3) is 5.91 Å². The number of rotatable bonds is 5. The minimum Gasteiger partial charge on any atom is -0.463 e. The lowest BCUT2D eigenvalue weighted by molar-refractivity contribution is -0.295. The number of aliphatic hydroxyl groups excluding tert-OH is 1. The molecule has 2 aliphatic heterocycles. The third kappa shape index (κ3) is 9.79. The van der Waals surface area contributed by atoms with Crippen molar-refractivity contribution in [1.29, 1.82) is 0 Å². The van der Waals surface area contributed by atoms with Gasteiger partial charge in [-0.15, -0.1) is 0 Å². The number of carbonyl (C=O) groups is 3. The first-order chi connectivity index (χ1) is 22.0. The number of hydrogen-bond donors (Lipinski definition) is 1. The van der Waals surface area contributed by atoms with Gasteiger partial charge in [-0.2, -0.15) is 0 Å². The van der Waals surface area contributed by atoms with Gasteiger partial charge in [-0.05, 0) is 92.7 Å². The second kappa shape index (κ2) is 16.8. The molecule has 2 saturated heterocycles. The first kappa shape index (κ1) is 39.0. The molecule has 12 nitrogen and oxygen atoms in total. The van der Waals surface area contributed by atoms with Gasteiger partial charge in [-0.1, -0.05) is 13.8 Å². The molecule has 0 saturated carbocycles. The van der Waals surface area contributed by atoms with Gasteiger partial charge in [0.05, 0.1) is 24.4 Å². The van der Waals surface area contributed by atoms with Crippen LogP contribution in [0, 0.1) is 17.3 Å². The molecule has 266 valence electrons. The quantitative estimate of drug-likeness (QED) is 0.369. The molecule has 3 rings (SSSR count). The molecule has 47 heavy (non-hydrogen) atoms. The monoisotopic (exact) mass is 662 g/mol. The molecule has 0 radical (unpaired) electrons. The number of aromatic nitrogens is 1. The first-order valence-electron chi connectivity index (χ1n) is 16.8. The molecule has 1 aromatic rings. The molecule has 0 bridgehead atoms. The average Bonchev–Trinajstić information content (AvgIpc) is 3.02. The summed E-state index contributed by atoms with van der Waals surface area (Å²) >= 11 is 0. The summed E-state index contributed by atoms with van der Waals surface area (Å²) in [6.07, 6.45) is 2.00. The number of ether oxygens (including phenoxy) is 4. The van der Waals surface area contributed by atoms with E-state index >= 15 is 0 Å². The molecular formula is C35H58N4O8. The highest BCUT2D eigenvalue weighted by molar-refractivity contribution is 6.04. The van der Waals surface area contributed by atoms with Crippen molar-refractivity contribution in [2.24, 2.45) is 17.3 Å². The molecular weight excluding hydrogens is 604 g/mol. The van der Waals surface area contributed by atoms with E-state index in [1.807, 2.05) is 39.9 Å². The highest BCUT2D eigenvalue weighted by atomic mass is 16.7. The van der Waals surface area contributed by atoms with E-state index in [2.05, 4.69) is 16.8 Å². The Balaban J connectivity index is 1.95. The summed E-state index contributed by atoms with van der Waals surface area (Å²) in [5, 5.41) is 11.3. The van der Waals surface area contributed by atoms with Crippen LogP contribution in [-0.2, 0) is 28.5 Å². The number of aliphatic hydroxyl groups is 1. The van der Waals surface area contributed by atoms with Gasteiger partial charge in [0.15, 0.2) is 12.1 Å². The SMILES string of the molecule is CO[C@]1(C)C[C@@H](C)CN(C)CCCN(C(=O)c2ccncc2)CCOC(=O)C(C)(C)C(=O)[C@H](C)[C@H]1O[C@@H]1O[C@H](C)C[C@H](N(C)C)[C@H]1O. The predicted molar refractivity (Wildman–Crippen MR) is 178 cm³/mol. The van der Waals surface area contributed by atoms with Crippen LogP contribution in [0.15, 0.2) is 24.5 Å². The van der Waals surface area contributed by atoms with Crippen LogP contribution in [0.1, 0.15) is 71.2 Å². The summed E-state index contributed by atoms with van der Waals surface area (Å²) in [4.78, 5) is 51.0. The number of esters is 1. The van der Waals surface area contributed by atoms with E-state index in [0.717, 1.165) is 13.1 Å². The Bertz CT molecular complexity index is 1180.